The number of nitrogens with zero attached hydrogens (tertiary/aromatic N) is 2. The Balaban J connectivity index is 1.78. The van der Waals surface area contributed by atoms with Crippen molar-refractivity contribution in [2.24, 2.45) is 7.05 Å². The summed E-state index contributed by atoms with van der Waals surface area (Å²) < 4.78 is 3.66. The van der Waals surface area contributed by atoms with E-state index in [9.17, 15) is 4.79 Å². The molecule has 0 atom stereocenters. The van der Waals surface area contributed by atoms with Gasteiger partial charge in [-0.15, -0.1) is 0 Å². The highest BCUT2D eigenvalue weighted by Gasteiger charge is 2.21. The van der Waals surface area contributed by atoms with Crippen molar-refractivity contribution in [2.75, 3.05) is 6.54 Å². The van der Waals surface area contributed by atoms with Crippen LogP contribution >= 0.6 is 0 Å². The number of benzene rings is 2. The molecule has 0 saturated carbocycles. The molecule has 0 bridgehead atoms. The van der Waals surface area contributed by atoms with Crippen LogP contribution < -0.4 is 10.9 Å². The third kappa shape index (κ3) is 3.51. The topological polar surface area (TPSA) is 39.0 Å². The second-order valence-electron chi connectivity index (χ2n) is 7.39. The molecule has 0 aliphatic heterocycles. The molecule has 0 radical (unpaired) electrons. The van der Waals surface area contributed by atoms with Crippen molar-refractivity contribution in [2.45, 2.75) is 32.7 Å². The maximum absolute atomic E-state index is 12.9. The Bertz CT molecular complexity index is 921. The van der Waals surface area contributed by atoms with Gasteiger partial charge in [-0.2, -0.15) is 0 Å². The third-order valence-electron chi connectivity index (χ3n) is 5.10. The van der Waals surface area contributed by atoms with E-state index in [-0.39, 0.29) is 11.0 Å². The van der Waals surface area contributed by atoms with Crippen molar-refractivity contribution in [3.63, 3.8) is 0 Å². The van der Waals surface area contributed by atoms with Crippen LogP contribution in [0.5, 0.6) is 0 Å². The van der Waals surface area contributed by atoms with Gasteiger partial charge in [0.2, 0.25) is 0 Å². The first kappa shape index (κ1) is 18.2. The molecule has 1 N–H and O–H groups in total. The number of hydrogen-bond acceptors (Lipinski definition) is 2. The monoisotopic (exact) mass is 349 g/mol. The summed E-state index contributed by atoms with van der Waals surface area (Å²) in [6.07, 6.45) is 0. The Hall–Kier alpha value is -2.59. The zero-order chi connectivity index (χ0) is 18.7. The molecule has 0 fully saturated rings. The van der Waals surface area contributed by atoms with E-state index in [0.29, 0.717) is 6.54 Å². The molecule has 3 aromatic rings. The van der Waals surface area contributed by atoms with Crippen LogP contribution in [-0.4, -0.2) is 15.9 Å². The van der Waals surface area contributed by atoms with Gasteiger partial charge >= 0.3 is 0 Å². The van der Waals surface area contributed by atoms with Gasteiger partial charge < -0.3 is 5.32 Å². The first-order valence-electron chi connectivity index (χ1n) is 9.01. The number of aromatic nitrogens is 2. The molecule has 26 heavy (non-hydrogen) atoms. The zero-order valence-electron chi connectivity index (χ0n) is 16.0. The summed E-state index contributed by atoms with van der Waals surface area (Å²) in [7, 11) is 1.93. The molecule has 4 heteroatoms. The largest absolute Gasteiger partial charge is 0.312 e. The lowest BCUT2D eigenvalue weighted by Gasteiger charge is -2.25. The summed E-state index contributed by atoms with van der Waals surface area (Å²) in [5.41, 5.74) is 4.03. The van der Waals surface area contributed by atoms with Gasteiger partial charge in [-0.25, -0.2) is 4.68 Å². The fraction of sp³-hybridized carbons (Fsp3) is 0.318. The normalized spacial score (nSPS) is 11.7. The summed E-state index contributed by atoms with van der Waals surface area (Å²) >= 11 is 0. The summed E-state index contributed by atoms with van der Waals surface area (Å²) in [5, 5.41) is 3.49. The van der Waals surface area contributed by atoms with E-state index in [2.05, 4.69) is 43.4 Å². The molecular formula is C22H27N3O. The third-order valence-corrected chi connectivity index (χ3v) is 5.10. The van der Waals surface area contributed by atoms with Crippen molar-refractivity contribution >= 4 is 0 Å². The van der Waals surface area contributed by atoms with E-state index in [4.69, 9.17) is 0 Å². The lowest BCUT2D eigenvalue weighted by molar-refractivity contribution is 0.468. The quantitative estimate of drug-likeness (QED) is 0.739. The molecule has 0 amide bonds. The Morgan fingerprint density at radius 2 is 1.54 bits per heavy atom. The van der Waals surface area contributed by atoms with Crippen molar-refractivity contribution in [3.8, 4) is 5.69 Å². The average Bonchev–Trinajstić information content (AvgIpc) is 2.86. The molecule has 0 aliphatic rings. The Morgan fingerprint density at radius 1 is 0.962 bits per heavy atom. The predicted molar refractivity (Wildman–Crippen MR) is 107 cm³/mol. The van der Waals surface area contributed by atoms with Crippen molar-refractivity contribution in [1.82, 2.24) is 14.7 Å². The first-order valence-corrected chi connectivity index (χ1v) is 9.01. The molecule has 3 rings (SSSR count). The maximum Gasteiger partial charge on any atom is 0.276 e. The van der Waals surface area contributed by atoms with Gasteiger partial charge in [-0.05, 0) is 24.6 Å². The lowest BCUT2D eigenvalue weighted by atomic mass is 9.84. The molecule has 2 aromatic carbocycles. The highest BCUT2D eigenvalue weighted by Crippen LogP contribution is 2.22. The van der Waals surface area contributed by atoms with E-state index in [1.807, 2.05) is 55.1 Å². The molecule has 136 valence electrons. The molecule has 0 aliphatic carbocycles. The molecule has 0 unspecified atom stereocenters. The molecule has 1 heterocycles. The van der Waals surface area contributed by atoms with Gasteiger partial charge in [-0.3, -0.25) is 9.48 Å². The minimum absolute atomic E-state index is 0.00238. The van der Waals surface area contributed by atoms with E-state index in [1.54, 1.807) is 4.68 Å². The minimum atomic E-state index is 0.00238. The SMILES string of the molecule is Cc1c(CNCC(C)(C)c2ccccc2)c(=O)n(-c2ccccc2)n1C. The highest BCUT2D eigenvalue weighted by molar-refractivity contribution is 5.33. The van der Waals surface area contributed by atoms with Crippen LogP contribution in [0.1, 0.15) is 30.7 Å². The van der Waals surface area contributed by atoms with Crippen LogP contribution in [0.3, 0.4) is 0 Å². The first-order chi connectivity index (χ1) is 12.4. The van der Waals surface area contributed by atoms with Crippen molar-refractivity contribution in [3.05, 3.63) is 87.8 Å². The molecule has 1 aromatic heterocycles. The van der Waals surface area contributed by atoms with Crippen LogP contribution in [0, 0.1) is 6.92 Å². The number of hydrogen-bond donors (Lipinski definition) is 1. The molecule has 0 spiro atoms. The zero-order valence-corrected chi connectivity index (χ0v) is 16.0. The van der Waals surface area contributed by atoms with Gasteiger partial charge in [0.15, 0.2) is 0 Å². The number of rotatable bonds is 6. The summed E-state index contributed by atoms with van der Waals surface area (Å²) in [6, 6.07) is 20.2. The van der Waals surface area contributed by atoms with Crippen LogP contribution in [-0.2, 0) is 19.0 Å². The van der Waals surface area contributed by atoms with Crippen molar-refractivity contribution < 1.29 is 0 Å². The Labute approximate surface area is 155 Å². The Kier molecular flexibility index (Phi) is 5.14. The average molecular weight is 349 g/mol. The van der Waals surface area contributed by atoms with Crippen LogP contribution in [0.25, 0.3) is 5.69 Å². The fourth-order valence-corrected chi connectivity index (χ4v) is 3.32. The second-order valence-corrected chi connectivity index (χ2v) is 7.39. The summed E-state index contributed by atoms with van der Waals surface area (Å²) in [6.45, 7) is 7.80. The molecule has 4 nitrogen and oxygen atoms in total. The fourth-order valence-electron chi connectivity index (χ4n) is 3.32. The van der Waals surface area contributed by atoms with E-state index >= 15 is 0 Å². The summed E-state index contributed by atoms with van der Waals surface area (Å²) in [4.78, 5) is 12.9. The van der Waals surface area contributed by atoms with Crippen LogP contribution in [0.15, 0.2) is 65.5 Å². The van der Waals surface area contributed by atoms with Gasteiger partial charge in [0, 0.05) is 31.2 Å². The number of nitrogens with one attached hydrogen (secondary N) is 1. The minimum Gasteiger partial charge on any atom is -0.312 e. The highest BCUT2D eigenvalue weighted by atomic mass is 16.1. The van der Waals surface area contributed by atoms with Gasteiger partial charge in [0.1, 0.15) is 0 Å². The van der Waals surface area contributed by atoms with E-state index in [1.165, 1.54) is 5.56 Å². The lowest BCUT2D eigenvalue weighted by Crippen LogP contribution is -2.34. The molecular weight excluding hydrogens is 322 g/mol. The van der Waals surface area contributed by atoms with Gasteiger partial charge in [0.05, 0.1) is 11.3 Å². The molecule has 0 saturated heterocycles. The van der Waals surface area contributed by atoms with E-state index < -0.39 is 0 Å². The maximum atomic E-state index is 12.9. The summed E-state index contributed by atoms with van der Waals surface area (Å²) in [5.74, 6) is 0. The van der Waals surface area contributed by atoms with Gasteiger partial charge in [-0.1, -0.05) is 62.4 Å². The standard InChI is InChI=1S/C22H27N3O/c1-17-20(15-23-16-22(2,3)18-11-7-5-8-12-18)21(26)25(24(17)4)19-13-9-6-10-14-19/h5-14,23H,15-16H2,1-4H3. The van der Waals surface area contributed by atoms with Crippen molar-refractivity contribution in [1.29, 1.82) is 0 Å². The Morgan fingerprint density at radius 3 is 2.15 bits per heavy atom. The number of para-hydroxylation sites is 1. The second kappa shape index (κ2) is 7.34. The van der Waals surface area contributed by atoms with E-state index in [0.717, 1.165) is 23.5 Å². The van der Waals surface area contributed by atoms with Gasteiger partial charge in [0.25, 0.3) is 5.56 Å². The smallest absolute Gasteiger partial charge is 0.276 e. The van der Waals surface area contributed by atoms with Crippen LogP contribution in [0.4, 0.5) is 0 Å². The van der Waals surface area contributed by atoms with Crippen LogP contribution in [0.2, 0.25) is 0 Å². The predicted octanol–water partition coefficient (Wildman–Crippen LogP) is 3.55.